The van der Waals surface area contributed by atoms with Crippen molar-refractivity contribution in [2.24, 2.45) is 5.92 Å². The van der Waals surface area contributed by atoms with Crippen molar-refractivity contribution in [3.63, 3.8) is 0 Å². The molecular weight excluding hydrogens is 362 g/mol. The van der Waals surface area contributed by atoms with E-state index in [1.165, 1.54) is 5.56 Å². The Labute approximate surface area is 123 Å². The minimum Gasteiger partial charge on any atom is -0.481 e. The molecule has 0 amide bonds. The molecule has 0 aromatic heterocycles. The summed E-state index contributed by atoms with van der Waals surface area (Å²) in [7, 11) is 0. The van der Waals surface area contributed by atoms with Crippen LogP contribution in [-0.2, 0) is 11.3 Å². The van der Waals surface area contributed by atoms with Crippen LogP contribution in [0.3, 0.4) is 0 Å². The fourth-order valence-corrected chi connectivity index (χ4v) is 2.91. The monoisotopic (exact) mass is 375 g/mol. The van der Waals surface area contributed by atoms with Crippen LogP contribution in [0.2, 0.25) is 0 Å². The average molecular weight is 377 g/mol. The second-order valence-electron chi connectivity index (χ2n) is 4.64. The predicted molar refractivity (Wildman–Crippen MR) is 77.5 cm³/mol. The van der Waals surface area contributed by atoms with Crippen molar-refractivity contribution in [2.75, 3.05) is 13.1 Å². The predicted octanol–water partition coefficient (Wildman–Crippen LogP) is 3.51. The lowest BCUT2D eigenvalue weighted by atomic mass is 9.97. The van der Waals surface area contributed by atoms with Crippen LogP contribution in [0.5, 0.6) is 0 Å². The fraction of sp³-hybridized carbons (Fsp3) is 0.462. The molecule has 2 rings (SSSR count). The van der Waals surface area contributed by atoms with Crippen LogP contribution < -0.4 is 0 Å². The Hall–Kier alpha value is -0.390. The van der Waals surface area contributed by atoms with Crippen LogP contribution in [0.4, 0.5) is 0 Å². The molecule has 1 saturated heterocycles. The summed E-state index contributed by atoms with van der Waals surface area (Å²) in [6.45, 7) is 2.62. The van der Waals surface area contributed by atoms with E-state index in [1.807, 2.05) is 6.07 Å². The summed E-state index contributed by atoms with van der Waals surface area (Å²) in [5.41, 5.74) is 1.25. The summed E-state index contributed by atoms with van der Waals surface area (Å²) in [5, 5.41) is 8.95. The van der Waals surface area contributed by atoms with Crippen molar-refractivity contribution in [1.29, 1.82) is 0 Å². The van der Waals surface area contributed by atoms with Gasteiger partial charge < -0.3 is 5.11 Å². The van der Waals surface area contributed by atoms with Gasteiger partial charge in [0.25, 0.3) is 0 Å². The standard InChI is InChI=1S/C13H15Br2NO2/c14-11-2-1-9(7-12(11)15)8-16-5-3-10(4-6-16)13(17)18/h1-2,7,10H,3-6,8H2,(H,17,18). The van der Waals surface area contributed by atoms with Gasteiger partial charge in [0.2, 0.25) is 0 Å². The number of aliphatic carboxylic acids is 1. The fourth-order valence-electron chi connectivity index (χ4n) is 2.23. The number of rotatable bonds is 3. The van der Waals surface area contributed by atoms with Gasteiger partial charge in [-0.25, -0.2) is 0 Å². The third-order valence-electron chi connectivity index (χ3n) is 3.33. The lowest BCUT2D eigenvalue weighted by molar-refractivity contribution is -0.143. The summed E-state index contributed by atoms with van der Waals surface area (Å²) in [6.07, 6.45) is 1.51. The summed E-state index contributed by atoms with van der Waals surface area (Å²) in [6, 6.07) is 6.23. The molecule has 0 aliphatic carbocycles. The largest absolute Gasteiger partial charge is 0.481 e. The highest BCUT2D eigenvalue weighted by Crippen LogP contribution is 2.25. The highest BCUT2D eigenvalue weighted by Gasteiger charge is 2.24. The Morgan fingerprint density at radius 1 is 1.28 bits per heavy atom. The minimum atomic E-state index is -0.652. The molecular formula is C13H15Br2NO2. The van der Waals surface area contributed by atoms with E-state index < -0.39 is 5.97 Å². The third-order valence-corrected chi connectivity index (χ3v) is 5.21. The van der Waals surface area contributed by atoms with Gasteiger partial charge in [0.05, 0.1) is 5.92 Å². The smallest absolute Gasteiger partial charge is 0.306 e. The van der Waals surface area contributed by atoms with Crippen molar-refractivity contribution in [3.05, 3.63) is 32.7 Å². The molecule has 0 unspecified atom stereocenters. The number of likely N-dealkylation sites (tertiary alicyclic amines) is 1. The first-order valence-corrected chi connectivity index (χ1v) is 7.54. The second kappa shape index (κ2) is 6.17. The van der Waals surface area contributed by atoms with Crippen LogP contribution in [0.15, 0.2) is 27.1 Å². The van der Waals surface area contributed by atoms with Gasteiger partial charge in [-0.1, -0.05) is 6.07 Å². The van der Waals surface area contributed by atoms with Crippen LogP contribution in [0.25, 0.3) is 0 Å². The van der Waals surface area contributed by atoms with Crippen LogP contribution in [-0.4, -0.2) is 29.1 Å². The quantitative estimate of drug-likeness (QED) is 0.877. The van der Waals surface area contributed by atoms with Gasteiger partial charge in [0.15, 0.2) is 0 Å². The lowest BCUT2D eigenvalue weighted by Crippen LogP contribution is -2.35. The van der Waals surface area contributed by atoms with Gasteiger partial charge >= 0.3 is 5.97 Å². The molecule has 0 atom stereocenters. The van der Waals surface area contributed by atoms with Gasteiger partial charge in [-0.2, -0.15) is 0 Å². The summed E-state index contributed by atoms with van der Waals surface area (Å²) in [4.78, 5) is 13.2. The first-order valence-electron chi connectivity index (χ1n) is 5.95. The molecule has 5 heteroatoms. The molecule has 0 saturated carbocycles. The molecule has 1 heterocycles. The molecule has 1 aliphatic heterocycles. The number of nitrogens with zero attached hydrogens (tertiary/aromatic N) is 1. The maximum absolute atomic E-state index is 10.9. The first-order chi connectivity index (χ1) is 8.56. The number of benzene rings is 1. The first kappa shape index (κ1) is 14.0. The SMILES string of the molecule is O=C(O)C1CCN(Cc2ccc(Br)c(Br)c2)CC1. The molecule has 18 heavy (non-hydrogen) atoms. The molecule has 0 bridgehead atoms. The van der Waals surface area contributed by atoms with E-state index in [2.05, 4.69) is 48.9 Å². The Kier molecular flexibility index (Phi) is 4.81. The van der Waals surface area contributed by atoms with E-state index in [1.54, 1.807) is 0 Å². The highest BCUT2D eigenvalue weighted by atomic mass is 79.9. The molecule has 3 nitrogen and oxygen atoms in total. The lowest BCUT2D eigenvalue weighted by Gasteiger charge is -2.30. The Bertz CT molecular complexity index is 443. The van der Waals surface area contributed by atoms with Gasteiger partial charge in [-0.15, -0.1) is 0 Å². The zero-order valence-corrected chi connectivity index (χ0v) is 13.1. The van der Waals surface area contributed by atoms with Crippen LogP contribution in [0.1, 0.15) is 18.4 Å². The number of hydrogen-bond acceptors (Lipinski definition) is 2. The van der Waals surface area contributed by atoms with E-state index in [0.717, 1.165) is 41.4 Å². The molecule has 0 spiro atoms. The van der Waals surface area contributed by atoms with E-state index in [4.69, 9.17) is 5.11 Å². The van der Waals surface area contributed by atoms with Gasteiger partial charge in [0.1, 0.15) is 0 Å². The van der Waals surface area contributed by atoms with Crippen molar-refractivity contribution >= 4 is 37.8 Å². The highest BCUT2D eigenvalue weighted by molar-refractivity contribution is 9.13. The third kappa shape index (κ3) is 3.56. The zero-order chi connectivity index (χ0) is 13.1. The molecule has 1 aliphatic rings. The number of piperidine rings is 1. The average Bonchev–Trinajstić information content (AvgIpc) is 2.34. The number of carboxylic acid groups (broad SMARTS) is 1. The summed E-state index contributed by atoms with van der Waals surface area (Å²) in [5.74, 6) is -0.807. The molecule has 1 aromatic carbocycles. The molecule has 1 N–H and O–H groups in total. The Morgan fingerprint density at radius 3 is 2.50 bits per heavy atom. The maximum Gasteiger partial charge on any atom is 0.306 e. The van der Waals surface area contributed by atoms with Gasteiger partial charge in [-0.3, -0.25) is 9.69 Å². The number of halogens is 2. The Balaban J connectivity index is 1.91. The normalized spacial score (nSPS) is 17.9. The van der Waals surface area contributed by atoms with E-state index in [9.17, 15) is 4.79 Å². The second-order valence-corrected chi connectivity index (χ2v) is 6.35. The topological polar surface area (TPSA) is 40.5 Å². The van der Waals surface area contributed by atoms with E-state index in [0.29, 0.717) is 0 Å². The van der Waals surface area contributed by atoms with Crippen molar-refractivity contribution in [3.8, 4) is 0 Å². The summed E-state index contributed by atoms with van der Waals surface area (Å²) >= 11 is 6.95. The van der Waals surface area contributed by atoms with Crippen molar-refractivity contribution in [2.45, 2.75) is 19.4 Å². The van der Waals surface area contributed by atoms with Gasteiger partial charge in [0, 0.05) is 15.5 Å². The Morgan fingerprint density at radius 2 is 1.94 bits per heavy atom. The zero-order valence-electron chi connectivity index (χ0n) is 9.90. The van der Waals surface area contributed by atoms with Gasteiger partial charge in [-0.05, 0) is 75.5 Å². The maximum atomic E-state index is 10.9. The van der Waals surface area contributed by atoms with Crippen LogP contribution >= 0.6 is 31.9 Å². The number of carbonyl (C=O) groups is 1. The van der Waals surface area contributed by atoms with E-state index >= 15 is 0 Å². The molecule has 98 valence electrons. The minimum absolute atomic E-state index is 0.155. The molecule has 1 aromatic rings. The van der Waals surface area contributed by atoms with Crippen LogP contribution in [0, 0.1) is 5.92 Å². The summed E-state index contributed by atoms with van der Waals surface area (Å²) < 4.78 is 2.11. The molecule has 0 radical (unpaired) electrons. The number of hydrogen-bond donors (Lipinski definition) is 1. The van der Waals surface area contributed by atoms with Crippen molar-refractivity contribution in [1.82, 2.24) is 4.90 Å². The van der Waals surface area contributed by atoms with Crippen molar-refractivity contribution < 1.29 is 9.90 Å². The number of carboxylic acids is 1. The molecule has 1 fully saturated rings. The van der Waals surface area contributed by atoms with E-state index in [-0.39, 0.29) is 5.92 Å².